The van der Waals surface area contributed by atoms with Gasteiger partial charge in [-0.3, -0.25) is 9.68 Å². The molecule has 13 heavy (non-hydrogen) atoms. The Kier molecular flexibility index (Phi) is 3.16. The van der Waals surface area contributed by atoms with Crippen molar-refractivity contribution >= 4 is 11.8 Å². The fourth-order valence-electron chi connectivity index (χ4n) is 0.821. The maximum Gasteiger partial charge on any atom is 0.413 e. The maximum atomic E-state index is 11.2. The van der Waals surface area contributed by atoms with Crippen LogP contribution >= 0.6 is 0 Å². The monoisotopic (exact) mass is 180 g/mol. The molecule has 0 spiro atoms. The Morgan fingerprint density at radius 3 is 2.31 bits per heavy atom. The first-order valence-corrected chi connectivity index (χ1v) is 3.60. The molecule has 0 saturated heterocycles. The van der Waals surface area contributed by atoms with Gasteiger partial charge >= 0.3 is 5.97 Å². The average molecular weight is 180 g/mol. The molecule has 1 aromatic rings. The topological polar surface area (TPSA) is 52.6 Å². The van der Waals surface area contributed by atoms with Gasteiger partial charge in [0.2, 0.25) is 0 Å². The van der Waals surface area contributed by atoms with E-state index in [1.54, 1.807) is 18.2 Å². The van der Waals surface area contributed by atoms with E-state index < -0.39 is 11.8 Å². The summed E-state index contributed by atoms with van der Waals surface area (Å²) in [6.45, 7) is 0. The standard InChI is InChI=1S/C9H8O4/c1-12-13-9(11)8(10)7-5-3-2-4-6-7/h2-6H,1H3. The number of ketones is 1. The lowest BCUT2D eigenvalue weighted by atomic mass is 10.1. The van der Waals surface area contributed by atoms with Crippen molar-refractivity contribution in [2.24, 2.45) is 0 Å². The van der Waals surface area contributed by atoms with E-state index in [1.807, 2.05) is 0 Å². The largest absolute Gasteiger partial charge is 0.413 e. The molecule has 0 aliphatic rings. The highest BCUT2D eigenvalue weighted by atomic mass is 17.2. The van der Waals surface area contributed by atoms with Gasteiger partial charge in [-0.25, -0.2) is 4.79 Å². The Labute approximate surface area is 75.0 Å². The number of Topliss-reactive ketones (excluding diaryl/α,β-unsaturated/α-hetero) is 1. The summed E-state index contributed by atoms with van der Waals surface area (Å²) in [7, 11) is 1.16. The molecule has 1 aromatic carbocycles. The van der Waals surface area contributed by atoms with Crippen LogP contribution < -0.4 is 0 Å². The number of carbonyl (C=O) groups excluding carboxylic acids is 2. The highest BCUT2D eigenvalue weighted by Gasteiger charge is 2.17. The second-order valence-corrected chi connectivity index (χ2v) is 2.23. The van der Waals surface area contributed by atoms with E-state index in [-0.39, 0.29) is 5.56 Å². The van der Waals surface area contributed by atoms with Gasteiger partial charge in [0.1, 0.15) is 0 Å². The van der Waals surface area contributed by atoms with E-state index >= 15 is 0 Å². The van der Waals surface area contributed by atoms with E-state index in [4.69, 9.17) is 0 Å². The van der Waals surface area contributed by atoms with Crippen LogP contribution in [0.3, 0.4) is 0 Å². The predicted octanol–water partition coefficient (Wildman–Crippen LogP) is 0.974. The second kappa shape index (κ2) is 4.37. The number of benzene rings is 1. The summed E-state index contributed by atoms with van der Waals surface area (Å²) in [6.07, 6.45) is 0. The molecule has 0 amide bonds. The van der Waals surface area contributed by atoms with Crippen molar-refractivity contribution in [2.45, 2.75) is 0 Å². The SMILES string of the molecule is COOC(=O)C(=O)c1ccccc1. The quantitative estimate of drug-likeness (QED) is 0.301. The van der Waals surface area contributed by atoms with E-state index in [2.05, 4.69) is 9.78 Å². The molecule has 0 bridgehead atoms. The molecule has 0 fully saturated rings. The molecule has 0 N–H and O–H groups in total. The van der Waals surface area contributed by atoms with Crippen LogP contribution in [-0.4, -0.2) is 18.9 Å². The molecule has 0 unspecified atom stereocenters. The van der Waals surface area contributed by atoms with Crippen LogP contribution in [0.25, 0.3) is 0 Å². The minimum absolute atomic E-state index is 0.282. The van der Waals surface area contributed by atoms with Crippen molar-refractivity contribution in [3.05, 3.63) is 35.9 Å². The highest BCUT2D eigenvalue weighted by Crippen LogP contribution is 2.00. The van der Waals surface area contributed by atoms with Crippen molar-refractivity contribution in [1.29, 1.82) is 0 Å². The summed E-state index contributed by atoms with van der Waals surface area (Å²) in [4.78, 5) is 30.2. The minimum atomic E-state index is -1.02. The first kappa shape index (κ1) is 9.41. The Balaban J connectivity index is 2.74. The van der Waals surface area contributed by atoms with Crippen LogP contribution in [0.4, 0.5) is 0 Å². The molecular weight excluding hydrogens is 172 g/mol. The molecule has 4 heteroatoms. The zero-order valence-electron chi connectivity index (χ0n) is 7.02. The third-order valence-electron chi connectivity index (χ3n) is 1.38. The molecule has 0 saturated carbocycles. The lowest BCUT2D eigenvalue weighted by Gasteiger charge is -1.97. The van der Waals surface area contributed by atoms with Gasteiger partial charge in [0.05, 0.1) is 7.11 Å². The third-order valence-corrected chi connectivity index (χ3v) is 1.38. The fourth-order valence-corrected chi connectivity index (χ4v) is 0.821. The Bertz CT molecular complexity index is 305. The second-order valence-electron chi connectivity index (χ2n) is 2.23. The smallest absolute Gasteiger partial charge is 0.289 e. The van der Waals surface area contributed by atoms with Crippen molar-refractivity contribution in [3.63, 3.8) is 0 Å². The summed E-state index contributed by atoms with van der Waals surface area (Å²) in [5.74, 6) is -1.74. The van der Waals surface area contributed by atoms with Gasteiger partial charge in [-0.05, 0) is 0 Å². The summed E-state index contributed by atoms with van der Waals surface area (Å²) in [5.41, 5.74) is 0.282. The van der Waals surface area contributed by atoms with Crippen molar-refractivity contribution in [3.8, 4) is 0 Å². The third kappa shape index (κ3) is 2.38. The lowest BCUT2D eigenvalue weighted by molar-refractivity contribution is -0.248. The van der Waals surface area contributed by atoms with Crippen molar-refractivity contribution < 1.29 is 19.4 Å². The molecule has 0 aromatic heterocycles. The number of rotatable bonds is 3. The summed E-state index contributed by atoms with van der Waals surface area (Å²) < 4.78 is 0. The minimum Gasteiger partial charge on any atom is -0.289 e. The van der Waals surface area contributed by atoms with E-state index in [0.29, 0.717) is 0 Å². The Morgan fingerprint density at radius 2 is 1.77 bits per heavy atom. The first-order valence-electron chi connectivity index (χ1n) is 3.60. The molecule has 0 atom stereocenters. The van der Waals surface area contributed by atoms with E-state index in [1.165, 1.54) is 12.1 Å². The highest BCUT2D eigenvalue weighted by molar-refractivity contribution is 6.40. The van der Waals surface area contributed by atoms with E-state index in [9.17, 15) is 9.59 Å². The Hall–Kier alpha value is -1.68. The molecule has 0 radical (unpaired) electrons. The van der Waals surface area contributed by atoms with Gasteiger partial charge < -0.3 is 0 Å². The Morgan fingerprint density at radius 1 is 1.15 bits per heavy atom. The molecule has 0 aliphatic heterocycles. The van der Waals surface area contributed by atoms with Crippen LogP contribution in [0.2, 0.25) is 0 Å². The summed E-state index contributed by atoms with van der Waals surface area (Å²) >= 11 is 0. The number of hydrogen-bond donors (Lipinski definition) is 0. The molecule has 0 heterocycles. The summed E-state index contributed by atoms with van der Waals surface area (Å²) in [5, 5.41) is 0. The van der Waals surface area contributed by atoms with Crippen LogP contribution in [0, 0.1) is 0 Å². The van der Waals surface area contributed by atoms with Gasteiger partial charge in [0, 0.05) is 5.56 Å². The zero-order valence-corrected chi connectivity index (χ0v) is 7.02. The fraction of sp³-hybridized carbons (Fsp3) is 0.111. The molecule has 4 nitrogen and oxygen atoms in total. The molecular formula is C9H8O4. The maximum absolute atomic E-state index is 11.2. The molecule has 1 rings (SSSR count). The van der Waals surface area contributed by atoms with Crippen LogP contribution in [-0.2, 0) is 14.6 Å². The van der Waals surface area contributed by atoms with Crippen LogP contribution in [0.15, 0.2) is 30.3 Å². The first-order chi connectivity index (χ1) is 6.25. The van der Waals surface area contributed by atoms with Crippen LogP contribution in [0.1, 0.15) is 10.4 Å². The number of hydrogen-bond acceptors (Lipinski definition) is 4. The van der Waals surface area contributed by atoms with Crippen molar-refractivity contribution in [2.75, 3.05) is 7.11 Å². The van der Waals surface area contributed by atoms with E-state index in [0.717, 1.165) is 7.11 Å². The van der Waals surface area contributed by atoms with Gasteiger partial charge in [-0.15, -0.1) is 0 Å². The molecule has 0 aliphatic carbocycles. The molecule has 68 valence electrons. The lowest BCUT2D eigenvalue weighted by Crippen LogP contribution is -2.16. The van der Waals surface area contributed by atoms with Gasteiger partial charge in [0.15, 0.2) is 0 Å². The van der Waals surface area contributed by atoms with Gasteiger partial charge in [-0.1, -0.05) is 30.3 Å². The average Bonchev–Trinajstić information content (AvgIpc) is 2.18. The summed E-state index contributed by atoms with van der Waals surface area (Å²) in [6, 6.07) is 8.12. The predicted molar refractivity (Wildman–Crippen MR) is 43.9 cm³/mol. The van der Waals surface area contributed by atoms with Gasteiger partial charge in [0.25, 0.3) is 5.78 Å². The van der Waals surface area contributed by atoms with Crippen LogP contribution in [0.5, 0.6) is 0 Å². The normalized spacial score (nSPS) is 9.31. The van der Waals surface area contributed by atoms with Crippen molar-refractivity contribution in [1.82, 2.24) is 0 Å². The van der Waals surface area contributed by atoms with Gasteiger partial charge in [-0.2, -0.15) is 4.89 Å². The zero-order chi connectivity index (χ0) is 9.68. The number of carbonyl (C=O) groups is 2.